The van der Waals surface area contributed by atoms with E-state index < -0.39 is 24.8 Å². The predicted molar refractivity (Wildman–Crippen MR) is 85.4 cm³/mol. The molecule has 6 heteroatoms. The van der Waals surface area contributed by atoms with Gasteiger partial charge in [0.15, 0.2) is 6.61 Å². The molecular weight excluding hydrogens is 319 g/mol. The van der Waals surface area contributed by atoms with E-state index in [-0.39, 0.29) is 6.42 Å². The van der Waals surface area contributed by atoms with Crippen LogP contribution in [0.4, 0.5) is 13.2 Å². The molecule has 2 rings (SSSR count). The van der Waals surface area contributed by atoms with Gasteiger partial charge in [0, 0.05) is 0 Å². The van der Waals surface area contributed by atoms with Gasteiger partial charge in [0.25, 0.3) is 0 Å². The van der Waals surface area contributed by atoms with Gasteiger partial charge < -0.3 is 10.1 Å². The molecule has 2 aromatic rings. The number of hydrogen-bond donors (Lipinski definition) is 1. The van der Waals surface area contributed by atoms with Gasteiger partial charge in [0.05, 0.1) is 0 Å². The first-order valence-corrected chi connectivity index (χ1v) is 7.44. The molecule has 3 nitrogen and oxygen atoms in total. The van der Waals surface area contributed by atoms with Crippen LogP contribution in [0.1, 0.15) is 5.56 Å². The number of rotatable bonds is 6. The highest BCUT2D eigenvalue weighted by Gasteiger charge is 2.31. The average Bonchev–Trinajstić information content (AvgIpc) is 2.58. The second-order valence-electron chi connectivity index (χ2n) is 5.33. The van der Waals surface area contributed by atoms with Crippen molar-refractivity contribution in [3.05, 3.63) is 60.2 Å². The smallest absolute Gasteiger partial charge is 0.422 e. The maximum Gasteiger partial charge on any atom is 0.422 e. The van der Waals surface area contributed by atoms with E-state index in [9.17, 15) is 18.0 Å². The van der Waals surface area contributed by atoms with Gasteiger partial charge in [0.2, 0.25) is 0 Å². The molecule has 0 bridgehead atoms. The maximum atomic E-state index is 12.2. The van der Waals surface area contributed by atoms with Crippen LogP contribution >= 0.6 is 0 Å². The summed E-state index contributed by atoms with van der Waals surface area (Å²) in [6.45, 7) is -1.58. The molecule has 0 spiro atoms. The van der Waals surface area contributed by atoms with Crippen LogP contribution in [0.5, 0.6) is 0 Å². The molecule has 128 valence electrons. The minimum absolute atomic E-state index is 0.244. The third-order valence-electron chi connectivity index (χ3n) is 3.49. The molecule has 0 fully saturated rings. The zero-order valence-corrected chi connectivity index (χ0v) is 13.1. The van der Waals surface area contributed by atoms with E-state index in [2.05, 4.69) is 10.1 Å². The summed E-state index contributed by atoms with van der Waals surface area (Å²) in [4.78, 5) is 11.8. The van der Waals surface area contributed by atoms with E-state index in [1.165, 1.54) is 7.05 Å². The van der Waals surface area contributed by atoms with Crippen LogP contribution in [-0.4, -0.2) is 31.8 Å². The van der Waals surface area contributed by atoms with Gasteiger partial charge >= 0.3 is 12.1 Å². The van der Waals surface area contributed by atoms with Crippen LogP contribution in [-0.2, 0) is 16.0 Å². The Morgan fingerprint density at radius 3 is 2.38 bits per heavy atom. The lowest BCUT2D eigenvalue weighted by Gasteiger charge is -2.16. The zero-order chi connectivity index (χ0) is 17.6. The number of benzene rings is 2. The summed E-state index contributed by atoms with van der Waals surface area (Å²) in [7, 11) is 1.51. The molecule has 24 heavy (non-hydrogen) atoms. The summed E-state index contributed by atoms with van der Waals surface area (Å²) in [5, 5.41) is 2.70. The van der Waals surface area contributed by atoms with Crippen LogP contribution in [0.25, 0.3) is 11.1 Å². The summed E-state index contributed by atoms with van der Waals surface area (Å²) in [5.41, 5.74) is 2.84. The van der Waals surface area contributed by atoms with Crippen molar-refractivity contribution >= 4 is 5.97 Å². The summed E-state index contributed by atoms with van der Waals surface area (Å²) < 4.78 is 40.8. The first-order chi connectivity index (χ1) is 11.4. The number of carbonyl (C=O) groups is 1. The van der Waals surface area contributed by atoms with Gasteiger partial charge in [0.1, 0.15) is 6.04 Å². The van der Waals surface area contributed by atoms with E-state index in [0.29, 0.717) is 0 Å². The fourth-order valence-electron chi connectivity index (χ4n) is 2.30. The van der Waals surface area contributed by atoms with Crippen molar-refractivity contribution in [2.45, 2.75) is 18.6 Å². The third-order valence-corrected chi connectivity index (χ3v) is 3.49. The van der Waals surface area contributed by atoms with E-state index in [0.717, 1.165) is 16.7 Å². The molecule has 1 atom stereocenters. The normalized spacial score (nSPS) is 12.7. The lowest BCUT2D eigenvalue weighted by molar-refractivity contribution is -0.187. The fourth-order valence-corrected chi connectivity index (χ4v) is 2.30. The fraction of sp³-hybridized carbons (Fsp3) is 0.278. The molecule has 0 radical (unpaired) electrons. The molecular formula is C18H18F3NO2. The number of nitrogens with one attached hydrogen (secondary N) is 1. The predicted octanol–water partition coefficient (Wildman–Crippen LogP) is 3.59. The highest BCUT2D eigenvalue weighted by atomic mass is 19.4. The summed E-state index contributed by atoms with van der Waals surface area (Å²) in [5.74, 6) is -0.917. The van der Waals surface area contributed by atoms with E-state index >= 15 is 0 Å². The van der Waals surface area contributed by atoms with Crippen LogP contribution < -0.4 is 5.32 Å². The Balaban J connectivity index is 2.07. The van der Waals surface area contributed by atoms with Crippen molar-refractivity contribution in [2.24, 2.45) is 0 Å². The molecule has 2 aromatic carbocycles. The van der Waals surface area contributed by atoms with Gasteiger partial charge in [-0.15, -0.1) is 0 Å². The molecule has 0 aliphatic carbocycles. The van der Waals surface area contributed by atoms with E-state index in [1.807, 2.05) is 54.6 Å². The molecule has 0 heterocycles. The van der Waals surface area contributed by atoms with Gasteiger partial charge in [-0.05, 0) is 30.2 Å². The second-order valence-corrected chi connectivity index (χ2v) is 5.33. The summed E-state index contributed by atoms with van der Waals surface area (Å²) in [6, 6.07) is 16.4. The molecule has 0 unspecified atom stereocenters. The van der Waals surface area contributed by atoms with Crippen molar-refractivity contribution in [1.29, 1.82) is 0 Å². The van der Waals surface area contributed by atoms with Crippen molar-refractivity contribution in [1.82, 2.24) is 5.32 Å². The SMILES string of the molecule is CN[C@@H](Cc1cccc(-c2ccccc2)c1)C(=O)OCC(F)(F)F. The Labute approximate surface area is 138 Å². The summed E-state index contributed by atoms with van der Waals surface area (Å²) in [6.07, 6.45) is -4.28. The van der Waals surface area contributed by atoms with Crippen molar-refractivity contribution in [3.63, 3.8) is 0 Å². The Bertz CT molecular complexity index is 671. The Morgan fingerprint density at radius 1 is 1.08 bits per heavy atom. The maximum absolute atomic E-state index is 12.2. The monoisotopic (exact) mass is 337 g/mol. The first-order valence-electron chi connectivity index (χ1n) is 7.44. The number of ether oxygens (including phenoxy) is 1. The number of carbonyl (C=O) groups excluding carboxylic acids is 1. The number of halogens is 3. The van der Waals surface area contributed by atoms with Gasteiger partial charge in [-0.25, -0.2) is 0 Å². The van der Waals surface area contributed by atoms with E-state index in [1.54, 1.807) is 0 Å². The van der Waals surface area contributed by atoms with Crippen molar-refractivity contribution in [2.75, 3.05) is 13.7 Å². The average molecular weight is 337 g/mol. The number of esters is 1. The highest BCUT2D eigenvalue weighted by molar-refractivity contribution is 5.76. The van der Waals surface area contributed by atoms with Gasteiger partial charge in [-0.2, -0.15) is 13.2 Å². The molecule has 0 aromatic heterocycles. The molecule has 0 aliphatic rings. The highest BCUT2D eigenvalue weighted by Crippen LogP contribution is 2.21. The Hall–Kier alpha value is -2.34. The Morgan fingerprint density at radius 2 is 1.75 bits per heavy atom. The first kappa shape index (κ1) is 18.0. The topological polar surface area (TPSA) is 38.3 Å². The van der Waals surface area contributed by atoms with Crippen LogP contribution in [0, 0.1) is 0 Å². The zero-order valence-electron chi connectivity index (χ0n) is 13.1. The lowest BCUT2D eigenvalue weighted by Crippen LogP contribution is -2.39. The summed E-state index contributed by atoms with van der Waals surface area (Å²) >= 11 is 0. The number of alkyl halides is 3. The van der Waals surface area contributed by atoms with Crippen molar-refractivity contribution in [3.8, 4) is 11.1 Å². The molecule has 0 aliphatic heterocycles. The number of hydrogen-bond acceptors (Lipinski definition) is 3. The van der Waals surface area contributed by atoms with Crippen LogP contribution in [0.2, 0.25) is 0 Å². The third kappa shape index (κ3) is 5.38. The molecule has 0 saturated heterocycles. The van der Waals surface area contributed by atoms with Crippen molar-refractivity contribution < 1.29 is 22.7 Å². The van der Waals surface area contributed by atoms with Gasteiger partial charge in [-0.3, -0.25) is 4.79 Å². The lowest BCUT2D eigenvalue weighted by atomic mass is 9.99. The van der Waals surface area contributed by atoms with E-state index in [4.69, 9.17) is 0 Å². The Kier molecular flexibility index (Phi) is 5.98. The molecule has 0 amide bonds. The minimum Gasteiger partial charge on any atom is -0.455 e. The van der Waals surface area contributed by atoms with Crippen LogP contribution in [0.3, 0.4) is 0 Å². The second kappa shape index (κ2) is 7.97. The quantitative estimate of drug-likeness (QED) is 0.819. The standard InChI is InChI=1S/C18H18F3NO2/c1-22-16(17(23)24-12-18(19,20)21)11-13-6-5-9-15(10-13)14-7-3-2-4-8-14/h2-10,16,22H,11-12H2,1H3/t16-/m0/s1. The van der Waals surface area contributed by atoms with Gasteiger partial charge in [-0.1, -0.05) is 54.6 Å². The largest absolute Gasteiger partial charge is 0.455 e. The minimum atomic E-state index is -4.53. The molecule has 1 N–H and O–H groups in total. The molecule has 0 saturated carbocycles. The van der Waals surface area contributed by atoms with Crippen LogP contribution in [0.15, 0.2) is 54.6 Å². The number of likely N-dealkylation sites (N-methyl/N-ethyl adjacent to an activating group) is 1.